The summed E-state index contributed by atoms with van der Waals surface area (Å²) < 4.78 is 48.7. The van der Waals surface area contributed by atoms with Crippen LogP contribution in [0.2, 0.25) is 0 Å². The molecule has 1 N–H and O–H groups in total. The summed E-state index contributed by atoms with van der Waals surface area (Å²) in [5, 5.41) is 2.94. The van der Waals surface area contributed by atoms with Crippen LogP contribution in [-0.4, -0.2) is 45.3 Å². The van der Waals surface area contributed by atoms with Gasteiger partial charge in [-0.1, -0.05) is 0 Å². The fourth-order valence-corrected chi connectivity index (χ4v) is 2.39. The monoisotopic (exact) mass is 396 g/mol. The van der Waals surface area contributed by atoms with Crippen molar-refractivity contribution < 1.29 is 22.3 Å². The molecule has 0 amide bonds. The maximum absolute atomic E-state index is 12.9. The Morgan fingerprint density at radius 2 is 1.93 bits per heavy atom. The van der Waals surface area contributed by atoms with Crippen molar-refractivity contribution in [1.29, 1.82) is 0 Å². The molecule has 1 atom stereocenters. The molecule has 2 heterocycles. The minimum Gasteiger partial charge on any atom is -0.451 e. The number of hydrogen-bond acceptors (Lipinski definition) is 8. The topological polar surface area (TPSA) is 89.2 Å². The fourth-order valence-electron chi connectivity index (χ4n) is 2.39. The highest BCUT2D eigenvalue weighted by Gasteiger charge is 2.38. The average molecular weight is 396 g/mol. The van der Waals surface area contributed by atoms with Crippen molar-refractivity contribution in [3.8, 4) is 6.01 Å². The van der Waals surface area contributed by atoms with Crippen LogP contribution in [0.15, 0.2) is 29.0 Å². The first-order valence-corrected chi connectivity index (χ1v) is 8.64. The van der Waals surface area contributed by atoms with E-state index >= 15 is 0 Å². The largest absolute Gasteiger partial charge is 0.451 e. The average Bonchev–Trinajstić information content (AvgIpc) is 3.09. The number of aromatic nitrogens is 4. The highest BCUT2D eigenvalue weighted by atomic mass is 19.4. The Morgan fingerprint density at radius 1 is 1.18 bits per heavy atom. The fraction of sp³-hybridized carbons (Fsp3) is 0.412. The number of alkyl halides is 3. The van der Waals surface area contributed by atoms with Crippen LogP contribution in [0.25, 0.3) is 11.1 Å². The number of nitrogens with one attached hydrogen (secondary N) is 1. The second kappa shape index (κ2) is 7.87. The van der Waals surface area contributed by atoms with Crippen LogP contribution < -0.4 is 15.0 Å². The predicted octanol–water partition coefficient (Wildman–Crippen LogP) is 3.93. The van der Waals surface area contributed by atoms with Gasteiger partial charge < -0.3 is 19.4 Å². The zero-order valence-electron chi connectivity index (χ0n) is 15.5. The molecule has 0 aliphatic carbocycles. The van der Waals surface area contributed by atoms with Gasteiger partial charge >= 0.3 is 12.2 Å². The van der Waals surface area contributed by atoms with Crippen LogP contribution in [0.1, 0.15) is 20.8 Å². The van der Waals surface area contributed by atoms with Gasteiger partial charge in [0, 0.05) is 24.8 Å². The van der Waals surface area contributed by atoms with Gasteiger partial charge in [0.25, 0.3) is 0 Å². The number of anilines is 3. The molecule has 0 saturated heterocycles. The lowest BCUT2D eigenvalue weighted by atomic mass is 10.3. The van der Waals surface area contributed by atoms with Crippen molar-refractivity contribution in [2.75, 3.05) is 23.3 Å². The zero-order valence-corrected chi connectivity index (χ0v) is 15.5. The number of halogens is 3. The first-order chi connectivity index (χ1) is 13.3. The number of nitrogens with zero attached hydrogens (tertiary/aromatic N) is 5. The quantitative estimate of drug-likeness (QED) is 0.643. The highest BCUT2D eigenvalue weighted by molar-refractivity contribution is 5.77. The molecule has 0 saturated carbocycles. The summed E-state index contributed by atoms with van der Waals surface area (Å²) in [7, 11) is 0. The maximum atomic E-state index is 12.9. The molecule has 8 nitrogen and oxygen atoms in total. The van der Waals surface area contributed by atoms with Gasteiger partial charge in [-0.3, -0.25) is 0 Å². The molecule has 0 radical (unpaired) electrons. The van der Waals surface area contributed by atoms with E-state index in [0.29, 0.717) is 29.9 Å². The minimum atomic E-state index is -4.53. The summed E-state index contributed by atoms with van der Waals surface area (Å²) in [5.74, 6) is 0.271. The molecule has 0 spiro atoms. The number of ether oxygens (including phenoxy) is 1. The van der Waals surface area contributed by atoms with E-state index in [-0.39, 0.29) is 11.9 Å². The Balaban J connectivity index is 1.93. The Morgan fingerprint density at radius 3 is 2.61 bits per heavy atom. The molecule has 2 aromatic heterocycles. The van der Waals surface area contributed by atoms with E-state index in [4.69, 9.17) is 9.15 Å². The molecule has 0 aliphatic rings. The minimum absolute atomic E-state index is 0.0557. The smallest absolute Gasteiger partial charge is 0.425 e. The van der Waals surface area contributed by atoms with Gasteiger partial charge in [0.1, 0.15) is 5.52 Å². The first kappa shape index (κ1) is 19.6. The standard InChI is InChI=1S/C17H19F3N6O2/c1-4-26(5-2)15-23-14(24-16(25-15)28-10(3)17(18,19)20)22-11-6-7-12-13(8-11)27-9-21-12/h6-10H,4-5H2,1-3H3,(H,22,23,24,25). The van der Waals surface area contributed by atoms with Crippen LogP contribution in [0, 0.1) is 0 Å². The van der Waals surface area contributed by atoms with E-state index in [1.807, 2.05) is 13.8 Å². The van der Waals surface area contributed by atoms with Crippen molar-refractivity contribution in [1.82, 2.24) is 19.9 Å². The first-order valence-electron chi connectivity index (χ1n) is 8.64. The molecular formula is C17H19F3N6O2. The van der Waals surface area contributed by atoms with Gasteiger partial charge in [0.15, 0.2) is 18.1 Å². The van der Waals surface area contributed by atoms with Gasteiger partial charge in [-0.05, 0) is 32.9 Å². The lowest BCUT2D eigenvalue weighted by Gasteiger charge is -2.21. The van der Waals surface area contributed by atoms with Gasteiger partial charge in [0.2, 0.25) is 11.9 Å². The molecule has 3 rings (SSSR count). The molecular weight excluding hydrogens is 377 g/mol. The van der Waals surface area contributed by atoms with Crippen molar-refractivity contribution in [3.05, 3.63) is 24.6 Å². The molecule has 3 aromatic rings. The highest BCUT2D eigenvalue weighted by Crippen LogP contribution is 2.26. The third-order valence-electron chi connectivity index (χ3n) is 3.98. The summed E-state index contributed by atoms with van der Waals surface area (Å²) in [6.45, 7) is 5.80. The lowest BCUT2D eigenvalue weighted by Crippen LogP contribution is -2.32. The molecule has 0 aliphatic heterocycles. The summed E-state index contributed by atoms with van der Waals surface area (Å²) in [6, 6.07) is 4.73. The van der Waals surface area contributed by atoms with Crippen molar-refractivity contribution in [2.45, 2.75) is 33.1 Å². The number of benzene rings is 1. The number of rotatable bonds is 7. The van der Waals surface area contributed by atoms with E-state index in [1.165, 1.54) is 6.39 Å². The van der Waals surface area contributed by atoms with E-state index in [9.17, 15) is 13.2 Å². The summed E-state index contributed by atoms with van der Waals surface area (Å²) in [6.07, 6.45) is -5.27. The van der Waals surface area contributed by atoms with Gasteiger partial charge in [-0.25, -0.2) is 4.98 Å². The Bertz CT molecular complexity index is 942. The second-order valence-electron chi connectivity index (χ2n) is 5.88. The maximum Gasteiger partial charge on any atom is 0.425 e. The molecule has 150 valence electrons. The van der Waals surface area contributed by atoms with Crippen molar-refractivity contribution >= 4 is 28.7 Å². The Labute approximate surface area is 158 Å². The van der Waals surface area contributed by atoms with Crippen molar-refractivity contribution in [3.63, 3.8) is 0 Å². The molecule has 1 aromatic carbocycles. The normalized spacial score (nSPS) is 12.8. The van der Waals surface area contributed by atoms with Crippen LogP contribution in [0.5, 0.6) is 6.01 Å². The Kier molecular flexibility index (Phi) is 5.52. The van der Waals surface area contributed by atoms with Gasteiger partial charge in [-0.2, -0.15) is 28.1 Å². The third kappa shape index (κ3) is 4.41. The molecule has 0 fully saturated rings. The predicted molar refractivity (Wildman–Crippen MR) is 96.8 cm³/mol. The zero-order chi connectivity index (χ0) is 20.3. The Hall–Kier alpha value is -3.11. The second-order valence-corrected chi connectivity index (χ2v) is 5.88. The number of hydrogen-bond donors (Lipinski definition) is 1. The SMILES string of the molecule is CCN(CC)c1nc(Nc2ccc3ncoc3c2)nc(OC(C)C(F)(F)F)n1. The third-order valence-corrected chi connectivity index (χ3v) is 3.98. The van der Waals surface area contributed by atoms with E-state index < -0.39 is 18.3 Å². The molecule has 0 bridgehead atoms. The molecule has 28 heavy (non-hydrogen) atoms. The molecule has 1 unspecified atom stereocenters. The van der Waals surface area contributed by atoms with Crippen LogP contribution in [-0.2, 0) is 0 Å². The number of fused-ring (bicyclic) bond motifs is 1. The van der Waals surface area contributed by atoms with E-state index in [2.05, 4.69) is 25.3 Å². The van der Waals surface area contributed by atoms with E-state index in [1.54, 1.807) is 23.1 Å². The lowest BCUT2D eigenvalue weighted by molar-refractivity contribution is -0.190. The molecule has 11 heteroatoms. The van der Waals surface area contributed by atoms with Gasteiger partial charge in [-0.15, -0.1) is 0 Å². The number of oxazole rings is 1. The summed E-state index contributed by atoms with van der Waals surface area (Å²) >= 11 is 0. The van der Waals surface area contributed by atoms with Crippen LogP contribution in [0.4, 0.5) is 30.8 Å². The van der Waals surface area contributed by atoms with Gasteiger partial charge in [0.05, 0.1) is 0 Å². The van der Waals surface area contributed by atoms with E-state index in [0.717, 1.165) is 6.92 Å². The van der Waals surface area contributed by atoms with Crippen molar-refractivity contribution in [2.24, 2.45) is 0 Å². The van der Waals surface area contributed by atoms with Crippen LogP contribution >= 0.6 is 0 Å². The summed E-state index contributed by atoms with van der Waals surface area (Å²) in [4.78, 5) is 18.1. The van der Waals surface area contributed by atoms with Crippen LogP contribution in [0.3, 0.4) is 0 Å². The summed E-state index contributed by atoms with van der Waals surface area (Å²) in [5.41, 5.74) is 1.80.